The number of fused-ring (bicyclic) bond motifs is 1. The van der Waals surface area contributed by atoms with Crippen molar-refractivity contribution >= 4 is 28.2 Å². The lowest BCUT2D eigenvalue weighted by atomic mass is 10.3. The number of carboxylic acids is 1. The van der Waals surface area contributed by atoms with Gasteiger partial charge in [-0.3, -0.25) is 13.9 Å². The number of nitrogens with zero attached hydrogens (tertiary/aromatic N) is 5. The van der Waals surface area contributed by atoms with E-state index in [0.29, 0.717) is 6.54 Å². The van der Waals surface area contributed by atoms with E-state index < -0.39 is 5.97 Å². The molecule has 0 fully saturated rings. The van der Waals surface area contributed by atoms with Crippen LogP contribution in [0, 0.1) is 13.8 Å². The Balaban J connectivity index is 1.88. The molecule has 9 heteroatoms. The fourth-order valence-electron chi connectivity index (χ4n) is 2.56. The van der Waals surface area contributed by atoms with Crippen molar-refractivity contribution < 1.29 is 14.7 Å². The summed E-state index contributed by atoms with van der Waals surface area (Å²) < 4.78 is 3.28. The molecule has 126 valence electrons. The van der Waals surface area contributed by atoms with Crippen molar-refractivity contribution in [2.75, 3.05) is 7.05 Å². The average molecular weight is 347 g/mol. The Bertz CT molecular complexity index is 952. The zero-order chi connectivity index (χ0) is 17.6. The van der Waals surface area contributed by atoms with E-state index >= 15 is 0 Å². The van der Waals surface area contributed by atoms with Crippen LogP contribution in [0.25, 0.3) is 4.96 Å². The van der Waals surface area contributed by atoms with Gasteiger partial charge in [0.1, 0.15) is 5.69 Å². The number of aryl methyl sites for hydroxylation is 3. The maximum absolute atomic E-state index is 12.6. The van der Waals surface area contributed by atoms with E-state index in [9.17, 15) is 9.59 Å². The quantitative estimate of drug-likeness (QED) is 0.776. The van der Waals surface area contributed by atoms with Gasteiger partial charge >= 0.3 is 5.97 Å². The second kappa shape index (κ2) is 5.75. The molecule has 0 aliphatic carbocycles. The summed E-state index contributed by atoms with van der Waals surface area (Å²) in [6, 6.07) is 1.29. The SMILES string of the molecule is Cc1cn2c(CN(C)C(=O)c3cc(C(=O)O)nn3C)c(C)nc2s1. The zero-order valence-corrected chi connectivity index (χ0v) is 14.6. The molecule has 1 amide bonds. The van der Waals surface area contributed by atoms with Gasteiger partial charge in [-0.05, 0) is 13.8 Å². The van der Waals surface area contributed by atoms with Crippen LogP contribution in [0.4, 0.5) is 0 Å². The molecule has 3 aromatic rings. The highest BCUT2D eigenvalue weighted by molar-refractivity contribution is 7.17. The molecule has 3 aromatic heterocycles. The highest BCUT2D eigenvalue weighted by Crippen LogP contribution is 2.22. The molecule has 0 radical (unpaired) electrons. The van der Waals surface area contributed by atoms with E-state index in [4.69, 9.17) is 5.11 Å². The number of aromatic nitrogens is 4. The lowest BCUT2D eigenvalue weighted by Crippen LogP contribution is -2.28. The van der Waals surface area contributed by atoms with Crippen molar-refractivity contribution in [3.05, 3.63) is 39.9 Å². The van der Waals surface area contributed by atoms with Crippen molar-refractivity contribution in [1.82, 2.24) is 24.1 Å². The highest BCUT2D eigenvalue weighted by Gasteiger charge is 2.22. The fraction of sp³-hybridized carbons (Fsp3) is 0.333. The number of hydrogen-bond donors (Lipinski definition) is 1. The van der Waals surface area contributed by atoms with Crippen LogP contribution in [0.3, 0.4) is 0 Å². The first-order chi connectivity index (χ1) is 11.3. The predicted octanol–water partition coefficient (Wildman–Crippen LogP) is 1.72. The molecule has 0 saturated heterocycles. The highest BCUT2D eigenvalue weighted by atomic mass is 32.1. The molecule has 24 heavy (non-hydrogen) atoms. The lowest BCUT2D eigenvalue weighted by Gasteiger charge is -2.17. The molecule has 8 nitrogen and oxygen atoms in total. The number of rotatable bonds is 4. The van der Waals surface area contributed by atoms with Crippen LogP contribution in [-0.2, 0) is 13.6 Å². The largest absolute Gasteiger partial charge is 0.476 e. The van der Waals surface area contributed by atoms with E-state index in [0.717, 1.165) is 21.2 Å². The number of hydrogen-bond acceptors (Lipinski definition) is 5. The summed E-state index contributed by atoms with van der Waals surface area (Å²) in [6.45, 7) is 4.29. The Labute approximate surface area is 142 Å². The number of carbonyl (C=O) groups excluding carboxylic acids is 1. The maximum Gasteiger partial charge on any atom is 0.356 e. The van der Waals surface area contributed by atoms with Gasteiger partial charge in [0.05, 0.1) is 17.9 Å². The Morgan fingerprint density at radius 2 is 2.08 bits per heavy atom. The van der Waals surface area contributed by atoms with Crippen LogP contribution < -0.4 is 0 Å². The summed E-state index contributed by atoms with van der Waals surface area (Å²) in [5.74, 6) is -1.45. The van der Waals surface area contributed by atoms with Crippen molar-refractivity contribution in [3.63, 3.8) is 0 Å². The summed E-state index contributed by atoms with van der Waals surface area (Å²) in [4.78, 5) is 31.7. The summed E-state index contributed by atoms with van der Waals surface area (Å²) >= 11 is 1.60. The number of amides is 1. The first kappa shape index (κ1) is 16.2. The number of imidazole rings is 1. The number of aromatic carboxylic acids is 1. The van der Waals surface area contributed by atoms with Gasteiger partial charge in [0.25, 0.3) is 5.91 Å². The molecular weight excluding hydrogens is 330 g/mol. The van der Waals surface area contributed by atoms with Crippen LogP contribution in [0.1, 0.15) is 37.2 Å². The summed E-state index contributed by atoms with van der Waals surface area (Å²) in [7, 11) is 3.23. The summed E-state index contributed by atoms with van der Waals surface area (Å²) in [5, 5.41) is 12.8. The van der Waals surface area contributed by atoms with Crippen LogP contribution >= 0.6 is 11.3 Å². The predicted molar refractivity (Wildman–Crippen MR) is 88.5 cm³/mol. The normalized spacial score (nSPS) is 11.2. The molecule has 0 aliphatic heterocycles. The standard InChI is InChI=1S/C15H17N5O3S/c1-8-6-20-12(9(2)16-15(20)24-8)7-18(3)13(21)11-5-10(14(22)23)17-19(11)4/h5-6H,7H2,1-4H3,(H,22,23). The molecule has 3 rings (SSSR count). The minimum absolute atomic E-state index is 0.148. The van der Waals surface area contributed by atoms with Crippen molar-refractivity contribution in [2.24, 2.45) is 7.05 Å². The number of carboxylic acid groups (broad SMARTS) is 1. The van der Waals surface area contributed by atoms with Crippen LogP contribution in [-0.4, -0.2) is 48.1 Å². The third kappa shape index (κ3) is 2.67. The minimum Gasteiger partial charge on any atom is -0.476 e. The fourth-order valence-corrected chi connectivity index (χ4v) is 3.45. The molecule has 0 unspecified atom stereocenters. The Hall–Kier alpha value is -2.68. The molecule has 0 spiro atoms. The van der Waals surface area contributed by atoms with Gasteiger partial charge in [-0.2, -0.15) is 5.10 Å². The molecule has 1 N–H and O–H groups in total. The van der Waals surface area contributed by atoms with Gasteiger partial charge in [-0.25, -0.2) is 9.78 Å². The number of thiazole rings is 1. The summed E-state index contributed by atoms with van der Waals surface area (Å²) in [5.41, 5.74) is 1.89. The Kier molecular flexibility index (Phi) is 3.88. The van der Waals surface area contributed by atoms with Crippen molar-refractivity contribution in [1.29, 1.82) is 0 Å². The molecule has 3 heterocycles. The van der Waals surface area contributed by atoms with Gasteiger partial charge in [0.2, 0.25) is 0 Å². The second-order valence-electron chi connectivity index (χ2n) is 5.64. The monoisotopic (exact) mass is 347 g/mol. The second-order valence-corrected chi connectivity index (χ2v) is 6.86. The first-order valence-corrected chi connectivity index (χ1v) is 8.06. The van der Waals surface area contributed by atoms with Gasteiger partial charge in [-0.1, -0.05) is 0 Å². The van der Waals surface area contributed by atoms with E-state index in [1.54, 1.807) is 25.4 Å². The molecule has 0 saturated carbocycles. The Morgan fingerprint density at radius 3 is 2.71 bits per heavy atom. The maximum atomic E-state index is 12.6. The first-order valence-electron chi connectivity index (χ1n) is 7.24. The molecule has 0 bridgehead atoms. The molecular formula is C15H17N5O3S. The van der Waals surface area contributed by atoms with Crippen LogP contribution in [0.2, 0.25) is 0 Å². The summed E-state index contributed by atoms with van der Waals surface area (Å²) in [6.07, 6.45) is 2.00. The van der Waals surface area contributed by atoms with E-state index in [1.165, 1.54) is 15.6 Å². The van der Waals surface area contributed by atoms with Gasteiger partial charge in [-0.15, -0.1) is 11.3 Å². The van der Waals surface area contributed by atoms with Crippen LogP contribution in [0.5, 0.6) is 0 Å². The van der Waals surface area contributed by atoms with Crippen LogP contribution in [0.15, 0.2) is 12.3 Å². The van der Waals surface area contributed by atoms with Crippen molar-refractivity contribution in [3.8, 4) is 0 Å². The lowest BCUT2D eigenvalue weighted by molar-refractivity contribution is 0.0689. The zero-order valence-electron chi connectivity index (χ0n) is 13.8. The Morgan fingerprint density at radius 1 is 1.38 bits per heavy atom. The number of carbonyl (C=O) groups is 2. The third-order valence-electron chi connectivity index (χ3n) is 3.79. The molecule has 0 aliphatic rings. The third-order valence-corrected chi connectivity index (χ3v) is 4.69. The van der Waals surface area contributed by atoms with E-state index in [1.807, 2.05) is 24.4 Å². The van der Waals surface area contributed by atoms with Gasteiger partial charge < -0.3 is 10.0 Å². The average Bonchev–Trinajstić information content (AvgIpc) is 3.13. The van der Waals surface area contributed by atoms with Gasteiger partial charge in [0.15, 0.2) is 10.7 Å². The topological polar surface area (TPSA) is 92.7 Å². The van der Waals surface area contributed by atoms with Crippen molar-refractivity contribution in [2.45, 2.75) is 20.4 Å². The van der Waals surface area contributed by atoms with E-state index in [2.05, 4.69) is 10.1 Å². The van der Waals surface area contributed by atoms with Gasteiger partial charge in [0, 0.05) is 31.2 Å². The molecule has 0 atom stereocenters. The smallest absolute Gasteiger partial charge is 0.356 e. The minimum atomic E-state index is -1.16. The van der Waals surface area contributed by atoms with E-state index in [-0.39, 0.29) is 17.3 Å². The molecule has 0 aromatic carbocycles.